The van der Waals surface area contributed by atoms with Crippen molar-refractivity contribution in [1.29, 1.82) is 5.26 Å². The average Bonchev–Trinajstić information content (AvgIpc) is 3.23. The Morgan fingerprint density at radius 1 is 1.16 bits per heavy atom. The summed E-state index contributed by atoms with van der Waals surface area (Å²) in [6, 6.07) is 8.90. The maximum absolute atomic E-state index is 13.0. The van der Waals surface area contributed by atoms with E-state index in [0.29, 0.717) is 25.3 Å². The fraction of sp³-hybridized carbons (Fsp3) is 0.542. The van der Waals surface area contributed by atoms with E-state index in [-0.39, 0.29) is 11.0 Å². The van der Waals surface area contributed by atoms with Crippen LogP contribution in [0.15, 0.2) is 36.7 Å². The maximum atomic E-state index is 13.0. The summed E-state index contributed by atoms with van der Waals surface area (Å²) in [6.45, 7) is 1.74. The fourth-order valence-electron chi connectivity index (χ4n) is 5.27. The minimum atomic E-state index is -4.63. The Morgan fingerprint density at radius 2 is 1.97 bits per heavy atom. The van der Waals surface area contributed by atoms with Crippen LogP contribution in [0, 0.1) is 11.3 Å². The first kappa shape index (κ1) is 22.7. The lowest BCUT2D eigenvalue weighted by Gasteiger charge is -2.46. The molecule has 1 saturated carbocycles. The molecule has 4 rings (SSSR count). The molecule has 0 amide bonds. The Labute approximate surface area is 186 Å². The second kappa shape index (κ2) is 9.16. The first-order valence-electron chi connectivity index (χ1n) is 11.1. The van der Waals surface area contributed by atoms with Crippen molar-refractivity contribution < 1.29 is 17.9 Å². The van der Waals surface area contributed by atoms with Gasteiger partial charge >= 0.3 is 6.18 Å². The highest BCUT2D eigenvalue weighted by molar-refractivity contribution is 5.37. The summed E-state index contributed by atoms with van der Waals surface area (Å²) in [4.78, 5) is 8.17. The molecule has 1 aliphatic heterocycles. The number of alkyl halides is 3. The highest BCUT2D eigenvalue weighted by Crippen LogP contribution is 2.49. The van der Waals surface area contributed by atoms with Crippen LogP contribution in [0.3, 0.4) is 0 Å². The van der Waals surface area contributed by atoms with E-state index >= 15 is 0 Å². The quantitative estimate of drug-likeness (QED) is 0.641. The van der Waals surface area contributed by atoms with Crippen LogP contribution in [0.5, 0.6) is 0 Å². The summed E-state index contributed by atoms with van der Waals surface area (Å²) in [5.74, 6) is 0. The third kappa shape index (κ3) is 4.79. The molecule has 2 aliphatic rings. The molecule has 0 unspecified atom stereocenters. The van der Waals surface area contributed by atoms with E-state index in [4.69, 9.17) is 10.00 Å². The van der Waals surface area contributed by atoms with E-state index < -0.39 is 17.4 Å². The Kier molecular flexibility index (Phi) is 6.50. The molecule has 0 aromatic carbocycles. The molecule has 1 saturated heterocycles. The number of ether oxygens (including phenoxy) is 1. The highest BCUT2D eigenvalue weighted by Gasteiger charge is 2.48. The maximum Gasteiger partial charge on any atom is 0.434 e. The van der Waals surface area contributed by atoms with E-state index in [1.807, 2.05) is 18.3 Å². The predicted molar refractivity (Wildman–Crippen MR) is 113 cm³/mol. The zero-order chi connectivity index (χ0) is 22.7. The van der Waals surface area contributed by atoms with Crippen LogP contribution in [-0.4, -0.2) is 28.7 Å². The zero-order valence-corrected chi connectivity index (χ0v) is 17.9. The lowest BCUT2D eigenvalue weighted by Crippen LogP contribution is -2.47. The monoisotopic (exact) mass is 444 g/mol. The molecular weight excluding hydrogens is 417 g/mol. The van der Waals surface area contributed by atoms with Gasteiger partial charge in [-0.05, 0) is 62.4 Å². The van der Waals surface area contributed by atoms with Gasteiger partial charge in [0.2, 0.25) is 0 Å². The summed E-state index contributed by atoms with van der Waals surface area (Å²) < 4.78 is 45.2. The summed E-state index contributed by atoms with van der Waals surface area (Å²) >= 11 is 0. The van der Waals surface area contributed by atoms with Crippen LogP contribution in [0.25, 0.3) is 0 Å². The highest BCUT2D eigenvalue weighted by atomic mass is 19.4. The number of halogens is 3. The van der Waals surface area contributed by atoms with Gasteiger partial charge in [0.25, 0.3) is 0 Å². The van der Waals surface area contributed by atoms with Gasteiger partial charge in [-0.3, -0.25) is 9.97 Å². The van der Waals surface area contributed by atoms with E-state index in [1.54, 1.807) is 6.07 Å². The van der Waals surface area contributed by atoms with Crippen LogP contribution >= 0.6 is 0 Å². The molecule has 5 nitrogen and oxygen atoms in total. The smallest absolute Gasteiger partial charge is 0.375 e. The number of pyridine rings is 2. The second-order valence-corrected chi connectivity index (χ2v) is 8.94. The normalized spacial score (nSPS) is 22.7. The number of nitrogens with zero attached hydrogens (tertiary/aromatic N) is 3. The van der Waals surface area contributed by atoms with Crippen molar-refractivity contribution in [2.75, 3.05) is 13.2 Å². The van der Waals surface area contributed by atoms with Crippen molar-refractivity contribution in [2.45, 2.75) is 68.7 Å². The van der Waals surface area contributed by atoms with E-state index in [9.17, 15) is 13.2 Å². The van der Waals surface area contributed by atoms with Crippen LogP contribution in [-0.2, 0) is 22.9 Å². The van der Waals surface area contributed by atoms with Crippen molar-refractivity contribution in [2.24, 2.45) is 0 Å². The predicted octanol–water partition coefficient (Wildman–Crippen LogP) is 4.91. The van der Waals surface area contributed by atoms with Gasteiger partial charge in [0.15, 0.2) is 5.69 Å². The van der Waals surface area contributed by atoms with Crippen molar-refractivity contribution >= 4 is 0 Å². The first-order valence-corrected chi connectivity index (χ1v) is 11.1. The largest absolute Gasteiger partial charge is 0.434 e. The summed E-state index contributed by atoms with van der Waals surface area (Å²) in [7, 11) is 0. The number of hydrogen-bond donors (Lipinski definition) is 1. The van der Waals surface area contributed by atoms with Crippen molar-refractivity contribution in [1.82, 2.24) is 15.3 Å². The number of aromatic nitrogens is 2. The second-order valence-electron chi connectivity index (χ2n) is 8.94. The van der Waals surface area contributed by atoms with Gasteiger partial charge in [0.05, 0.1) is 11.2 Å². The van der Waals surface area contributed by atoms with Crippen LogP contribution in [0.1, 0.15) is 67.5 Å². The molecule has 8 heteroatoms. The number of rotatable bonds is 6. The molecule has 170 valence electrons. The molecule has 1 atom stereocenters. The van der Waals surface area contributed by atoms with Crippen LogP contribution in [0.4, 0.5) is 13.2 Å². The topological polar surface area (TPSA) is 70.8 Å². The zero-order valence-electron chi connectivity index (χ0n) is 17.9. The number of nitrogens with one attached hydrogen (secondary N) is 1. The minimum absolute atomic E-state index is 0.0607. The van der Waals surface area contributed by atoms with Gasteiger partial charge in [-0.15, -0.1) is 0 Å². The molecule has 1 spiro atoms. The molecule has 1 aliphatic carbocycles. The fourth-order valence-corrected chi connectivity index (χ4v) is 5.27. The van der Waals surface area contributed by atoms with Gasteiger partial charge in [0, 0.05) is 36.7 Å². The molecule has 3 heterocycles. The Morgan fingerprint density at radius 3 is 2.66 bits per heavy atom. The molecule has 32 heavy (non-hydrogen) atoms. The Bertz CT molecular complexity index is 967. The van der Waals surface area contributed by atoms with Crippen molar-refractivity contribution in [3.63, 3.8) is 0 Å². The number of nitriles is 1. The lowest BCUT2D eigenvalue weighted by molar-refractivity contribution is -0.141. The third-order valence-electron chi connectivity index (χ3n) is 6.82. The van der Waals surface area contributed by atoms with Crippen molar-refractivity contribution in [3.05, 3.63) is 59.2 Å². The summed E-state index contributed by atoms with van der Waals surface area (Å²) in [5, 5.41) is 12.4. The van der Waals surface area contributed by atoms with Gasteiger partial charge in [-0.1, -0.05) is 18.9 Å². The van der Waals surface area contributed by atoms with Crippen LogP contribution < -0.4 is 5.32 Å². The van der Waals surface area contributed by atoms with E-state index in [0.717, 1.165) is 37.8 Å². The van der Waals surface area contributed by atoms with E-state index in [1.165, 1.54) is 25.1 Å². The lowest BCUT2D eigenvalue weighted by atomic mass is 9.68. The number of hydrogen-bond acceptors (Lipinski definition) is 5. The van der Waals surface area contributed by atoms with Crippen molar-refractivity contribution in [3.8, 4) is 6.07 Å². The van der Waals surface area contributed by atoms with Crippen LogP contribution in [0.2, 0.25) is 0 Å². The van der Waals surface area contributed by atoms with Gasteiger partial charge in [-0.25, -0.2) is 0 Å². The summed E-state index contributed by atoms with van der Waals surface area (Å²) in [6.07, 6.45) is 5.64. The SMILES string of the molecule is N#Cc1cc(CNCC[C@]2(c3ccccn3)CCOC3(CCCC3)C2)cnc1C(F)(F)F. The summed E-state index contributed by atoms with van der Waals surface area (Å²) in [5.41, 5.74) is -0.0988. The third-order valence-corrected chi connectivity index (χ3v) is 6.82. The Balaban J connectivity index is 1.44. The van der Waals surface area contributed by atoms with Gasteiger partial charge < -0.3 is 10.1 Å². The Hall–Kier alpha value is -2.50. The molecule has 2 fully saturated rings. The minimum Gasteiger partial charge on any atom is -0.375 e. The average molecular weight is 445 g/mol. The molecule has 0 bridgehead atoms. The standard InChI is InChI=1S/C24H27F3N4O/c25-24(26,27)21-19(14-28)13-18(16-31-21)15-29-11-8-22(20-5-1-4-10-30-20)9-12-32-23(17-22)6-2-3-7-23/h1,4-5,10,13,16,29H,2-3,6-9,11-12,15,17H2/t22-/m0/s1. The molecule has 2 aromatic rings. The van der Waals surface area contributed by atoms with Gasteiger partial charge in [0.1, 0.15) is 6.07 Å². The molecule has 2 aromatic heterocycles. The molecular formula is C24H27F3N4O. The van der Waals surface area contributed by atoms with Gasteiger partial charge in [-0.2, -0.15) is 18.4 Å². The molecule has 0 radical (unpaired) electrons. The molecule has 1 N–H and O–H groups in total. The first-order chi connectivity index (χ1) is 15.4. The van der Waals surface area contributed by atoms with E-state index in [2.05, 4.69) is 21.4 Å².